The van der Waals surface area contributed by atoms with E-state index in [1.54, 1.807) is 78.9 Å². The molecule has 2 aliphatic rings. The average Bonchev–Trinajstić information content (AvgIpc) is 3.56. The van der Waals surface area contributed by atoms with E-state index in [1.807, 2.05) is 49.4 Å². The molecule has 1 fully saturated rings. The first-order chi connectivity index (χ1) is 22.7. The lowest BCUT2D eigenvalue weighted by atomic mass is 9.80. The Bertz CT molecular complexity index is 2110. The Morgan fingerprint density at radius 2 is 1.32 bits per heavy atom. The van der Waals surface area contributed by atoms with Crippen molar-refractivity contribution in [2.75, 3.05) is 0 Å². The molecule has 4 atom stereocenters. The summed E-state index contributed by atoms with van der Waals surface area (Å²) in [7, 11) is -4.11. The molecule has 0 heterocycles. The summed E-state index contributed by atoms with van der Waals surface area (Å²) in [5, 5.41) is 0. The fourth-order valence-corrected chi connectivity index (χ4v) is 8.44. The van der Waals surface area contributed by atoms with E-state index in [-0.39, 0.29) is 28.6 Å². The zero-order valence-electron chi connectivity index (χ0n) is 25.6. The van der Waals surface area contributed by atoms with Crippen LogP contribution in [0.3, 0.4) is 0 Å². The van der Waals surface area contributed by atoms with Crippen molar-refractivity contribution in [3.05, 3.63) is 178 Å². The van der Waals surface area contributed by atoms with Crippen molar-refractivity contribution in [2.24, 2.45) is 5.92 Å². The van der Waals surface area contributed by atoms with E-state index in [2.05, 4.69) is 4.72 Å². The van der Waals surface area contributed by atoms with Gasteiger partial charge in [0.25, 0.3) is 10.0 Å². The highest BCUT2D eigenvalue weighted by Gasteiger charge is 2.57. The van der Waals surface area contributed by atoms with Gasteiger partial charge in [0.2, 0.25) is 0 Å². The minimum Gasteiger partial charge on any atom is -0.294 e. The molecule has 7 heteroatoms. The van der Waals surface area contributed by atoms with E-state index in [4.69, 9.17) is 0 Å². The van der Waals surface area contributed by atoms with Gasteiger partial charge in [-0.3, -0.25) is 14.3 Å². The van der Waals surface area contributed by atoms with Crippen LogP contribution in [-0.2, 0) is 14.8 Å². The Morgan fingerprint density at radius 1 is 0.723 bits per heavy atom. The number of halogens is 1. The van der Waals surface area contributed by atoms with Gasteiger partial charge in [0, 0.05) is 41.2 Å². The lowest BCUT2D eigenvalue weighted by molar-refractivity contribution is -0.118. The Kier molecular flexibility index (Phi) is 7.94. The summed E-state index contributed by atoms with van der Waals surface area (Å²) in [5.41, 5.74) is 4.80. The summed E-state index contributed by atoms with van der Waals surface area (Å²) >= 11 is 0. The summed E-state index contributed by atoms with van der Waals surface area (Å²) in [6.07, 6.45) is 0.0118. The predicted molar refractivity (Wildman–Crippen MR) is 180 cm³/mol. The molecule has 0 radical (unpaired) electrons. The van der Waals surface area contributed by atoms with Gasteiger partial charge in [-0.15, -0.1) is 0 Å². The Balaban J connectivity index is 1.45. The molecular formula is C40H32FNO4S. The average molecular weight is 642 g/mol. The maximum absolute atomic E-state index is 15.0. The largest absolute Gasteiger partial charge is 0.294 e. The van der Waals surface area contributed by atoms with Crippen LogP contribution in [0.4, 0.5) is 4.39 Å². The van der Waals surface area contributed by atoms with Gasteiger partial charge in [0.05, 0.1) is 10.6 Å². The first-order valence-electron chi connectivity index (χ1n) is 15.6. The molecule has 0 amide bonds. The Hall–Kier alpha value is -5.14. The summed E-state index contributed by atoms with van der Waals surface area (Å²) < 4.78 is 45.5. The van der Waals surface area contributed by atoms with E-state index in [0.29, 0.717) is 22.3 Å². The second kappa shape index (κ2) is 12.2. The van der Waals surface area contributed by atoms with E-state index in [0.717, 1.165) is 16.7 Å². The van der Waals surface area contributed by atoms with Crippen LogP contribution >= 0.6 is 0 Å². The first kappa shape index (κ1) is 30.5. The second-order valence-corrected chi connectivity index (χ2v) is 13.9. The second-order valence-electron chi connectivity index (χ2n) is 12.3. The molecule has 47 heavy (non-hydrogen) atoms. The van der Waals surface area contributed by atoms with E-state index < -0.39 is 39.5 Å². The molecule has 0 unspecified atom stereocenters. The monoisotopic (exact) mass is 641 g/mol. The molecule has 2 aliphatic carbocycles. The fraction of sp³-hybridized carbons (Fsp3) is 0.150. The summed E-state index contributed by atoms with van der Waals surface area (Å²) in [6, 6.07) is 38.5. The molecule has 5 nitrogen and oxygen atoms in total. The molecular weight excluding hydrogens is 610 g/mol. The number of hydrogen-bond donors (Lipinski definition) is 1. The number of Topliss-reactive ketones (excluding diaryl/α,β-unsaturated/α-hetero) is 2. The number of allylic oxidation sites excluding steroid dienone is 1. The first-order valence-corrected chi connectivity index (χ1v) is 17.1. The molecule has 0 saturated heterocycles. The van der Waals surface area contributed by atoms with Gasteiger partial charge in [0.1, 0.15) is 5.82 Å². The van der Waals surface area contributed by atoms with Crippen molar-refractivity contribution >= 4 is 27.3 Å². The Morgan fingerprint density at radius 3 is 1.96 bits per heavy atom. The van der Waals surface area contributed by atoms with Crippen LogP contribution in [0, 0.1) is 18.7 Å². The lowest BCUT2D eigenvalue weighted by Gasteiger charge is -2.24. The van der Waals surface area contributed by atoms with Gasteiger partial charge < -0.3 is 0 Å². The van der Waals surface area contributed by atoms with Gasteiger partial charge in [-0.1, -0.05) is 115 Å². The molecule has 0 aromatic heterocycles. The fourth-order valence-electron chi connectivity index (χ4n) is 7.33. The van der Waals surface area contributed by atoms with Crippen molar-refractivity contribution in [3.63, 3.8) is 0 Å². The minimum absolute atomic E-state index is 0.0118. The maximum Gasteiger partial charge on any atom is 0.261 e. The van der Waals surface area contributed by atoms with Gasteiger partial charge in [-0.2, -0.15) is 0 Å². The van der Waals surface area contributed by atoms with Crippen LogP contribution in [0.15, 0.2) is 144 Å². The van der Waals surface area contributed by atoms with Crippen molar-refractivity contribution in [1.82, 2.24) is 4.72 Å². The summed E-state index contributed by atoms with van der Waals surface area (Å²) in [5.74, 6) is -3.13. The number of sulfonamides is 1. The lowest BCUT2D eigenvalue weighted by Crippen LogP contribution is -2.26. The standard InChI is InChI=1S/C40H32FNO4S/c1-25-17-20-30(21-18-25)47(45,46)42-39(28-15-9-4-10-16-28)38-35(27-13-7-3-8-14-27)36-31-22-19-29(41)23-32(31)33(37(36)40(38)44)24-34(43)26-11-5-2-6-12-26/h2-23,33,35-37,42H,24H2,1H3/b39-38-/t33-,35+,36-,37-/m0/s1. The number of ketones is 2. The zero-order chi connectivity index (χ0) is 32.7. The number of carbonyl (C=O) groups is 2. The number of nitrogens with one attached hydrogen (secondary N) is 1. The quantitative estimate of drug-likeness (QED) is 0.138. The number of benzene rings is 5. The van der Waals surface area contributed by atoms with Gasteiger partial charge in [-0.25, -0.2) is 12.8 Å². The Labute approximate surface area is 273 Å². The van der Waals surface area contributed by atoms with E-state index in [1.165, 1.54) is 12.1 Å². The molecule has 5 aromatic carbocycles. The van der Waals surface area contributed by atoms with E-state index in [9.17, 15) is 17.6 Å². The SMILES string of the molecule is Cc1ccc(S(=O)(=O)N/C(=C2\C(=O)[C@@H]3[C@@H](c4ccc(F)cc4[C@@H]3CC(=O)c3ccccc3)[C@H]2c2ccccc2)c2ccccc2)cc1. The number of hydrogen-bond acceptors (Lipinski definition) is 4. The zero-order valence-corrected chi connectivity index (χ0v) is 26.5. The number of aryl methyl sites for hydroxylation is 1. The molecule has 0 bridgehead atoms. The molecule has 0 aliphatic heterocycles. The summed E-state index contributed by atoms with van der Waals surface area (Å²) in [6.45, 7) is 1.88. The van der Waals surface area contributed by atoms with Gasteiger partial charge >= 0.3 is 0 Å². The number of carbonyl (C=O) groups excluding carboxylic acids is 2. The molecule has 1 N–H and O–H groups in total. The topological polar surface area (TPSA) is 80.3 Å². The molecule has 0 spiro atoms. The highest BCUT2D eigenvalue weighted by molar-refractivity contribution is 7.89. The highest BCUT2D eigenvalue weighted by atomic mass is 32.2. The van der Waals surface area contributed by atoms with Crippen molar-refractivity contribution in [1.29, 1.82) is 0 Å². The van der Waals surface area contributed by atoms with Crippen molar-refractivity contribution in [2.45, 2.75) is 36.0 Å². The normalized spacial score (nSPS) is 21.2. The highest BCUT2D eigenvalue weighted by Crippen LogP contribution is 2.62. The number of fused-ring (bicyclic) bond motifs is 3. The predicted octanol–water partition coefficient (Wildman–Crippen LogP) is 7.96. The minimum atomic E-state index is -4.11. The third kappa shape index (κ3) is 5.61. The van der Waals surface area contributed by atoms with Crippen LogP contribution in [0.1, 0.15) is 62.3 Å². The van der Waals surface area contributed by atoms with Crippen molar-refractivity contribution in [3.8, 4) is 0 Å². The van der Waals surface area contributed by atoms with Crippen LogP contribution in [0.5, 0.6) is 0 Å². The third-order valence-electron chi connectivity index (χ3n) is 9.43. The summed E-state index contributed by atoms with van der Waals surface area (Å²) in [4.78, 5) is 28.8. The van der Waals surface area contributed by atoms with Crippen LogP contribution in [0.25, 0.3) is 5.70 Å². The van der Waals surface area contributed by atoms with Gasteiger partial charge in [0.15, 0.2) is 11.6 Å². The van der Waals surface area contributed by atoms with Crippen LogP contribution < -0.4 is 4.72 Å². The molecule has 5 aromatic rings. The number of rotatable bonds is 8. The molecule has 7 rings (SSSR count). The van der Waals surface area contributed by atoms with Crippen molar-refractivity contribution < 1.29 is 22.4 Å². The molecule has 1 saturated carbocycles. The third-order valence-corrected chi connectivity index (χ3v) is 10.8. The van der Waals surface area contributed by atoms with Gasteiger partial charge in [-0.05, 0) is 53.4 Å². The van der Waals surface area contributed by atoms with Crippen LogP contribution in [-0.4, -0.2) is 20.0 Å². The molecule has 234 valence electrons. The van der Waals surface area contributed by atoms with Crippen LogP contribution in [0.2, 0.25) is 0 Å². The van der Waals surface area contributed by atoms with E-state index >= 15 is 4.79 Å². The smallest absolute Gasteiger partial charge is 0.261 e. The maximum atomic E-state index is 15.0.